The third kappa shape index (κ3) is 4.38. The van der Waals surface area contributed by atoms with Crippen LogP contribution in [-0.4, -0.2) is 42.6 Å². The van der Waals surface area contributed by atoms with Crippen molar-refractivity contribution in [1.82, 2.24) is 4.90 Å². The van der Waals surface area contributed by atoms with Crippen LogP contribution < -0.4 is 4.74 Å². The molecular weight excluding hydrogens is 318 g/mol. The molecule has 0 aromatic heterocycles. The predicted molar refractivity (Wildman–Crippen MR) is 88.2 cm³/mol. The second-order valence-corrected chi connectivity index (χ2v) is 7.06. The first kappa shape index (κ1) is 17.6. The molecule has 5 nitrogen and oxygen atoms in total. The fourth-order valence-corrected chi connectivity index (χ4v) is 2.73. The molecule has 1 aliphatic rings. The lowest BCUT2D eigenvalue weighted by molar-refractivity contribution is 0.0289. The zero-order valence-electron chi connectivity index (χ0n) is 13.9. The lowest BCUT2D eigenvalue weighted by Gasteiger charge is -2.24. The average Bonchev–Trinajstić information content (AvgIpc) is 2.94. The number of carbonyl (C=O) groups is 2. The first-order chi connectivity index (χ1) is 10.7. The molecule has 1 unspecified atom stereocenters. The van der Waals surface area contributed by atoms with Crippen molar-refractivity contribution >= 4 is 23.5 Å². The lowest BCUT2D eigenvalue weighted by atomic mass is 9.96. The molecule has 1 saturated heterocycles. The van der Waals surface area contributed by atoms with Gasteiger partial charge in [-0.1, -0.05) is 11.6 Å². The van der Waals surface area contributed by atoms with Crippen molar-refractivity contribution in [3.63, 3.8) is 0 Å². The van der Waals surface area contributed by atoms with Gasteiger partial charge in [-0.25, -0.2) is 4.79 Å². The van der Waals surface area contributed by atoms with Gasteiger partial charge < -0.3 is 14.4 Å². The summed E-state index contributed by atoms with van der Waals surface area (Å²) in [7, 11) is 1.52. The monoisotopic (exact) mass is 339 g/mol. The summed E-state index contributed by atoms with van der Waals surface area (Å²) in [6.07, 6.45) is 0.221. The van der Waals surface area contributed by atoms with Crippen LogP contribution in [-0.2, 0) is 4.74 Å². The summed E-state index contributed by atoms with van der Waals surface area (Å²) in [4.78, 5) is 26.4. The Hall–Kier alpha value is -1.75. The molecule has 1 aromatic carbocycles. The third-order valence-electron chi connectivity index (χ3n) is 3.64. The van der Waals surface area contributed by atoms with Gasteiger partial charge in [0, 0.05) is 24.0 Å². The summed E-state index contributed by atoms with van der Waals surface area (Å²) >= 11 is 5.98. The van der Waals surface area contributed by atoms with Gasteiger partial charge >= 0.3 is 6.09 Å². The normalized spacial score (nSPS) is 18.0. The van der Waals surface area contributed by atoms with Gasteiger partial charge in [-0.15, -0.1) is 0 Å². The van der Waals surface area contributed by atoms with Crippen molar-refractivity contribution in [2.75, 3.05) is 20.2 Å². The Morgan fingerprint density at radius 3 is 2.61 bits per heavy atom. The smallest absolute Gasteiger partial charge is 0.410 e. The molecule has 0 spiro atoms. The standard InChI is InChI=1S/C17H22ClNO4/c1-17(2,3)23-16(21)19-8-7-11(10-19)15(20)13-9-12(18)5-6-14(13)22-4/h5-6,9,11H,7-8,10H2,1-4H3. The van der Waals surface area contributed by atoms with E-state index in [1.165, 1.54) is 7.11 Å². The fourth-order valence-electron chi connectivity index (χ4n) is 2.56. The number of rotatable bonds is 3. The molecule has 1 aliphatic heterocycles. The van der Waals surface area contributed by atoms with Crippen molar-refractivity contribution in [2.24, 2.45) is 5.92 Å². The van der Waals surface area contributed by atoms with Crippen molar-refractivity contribution < 1.29 is 19.1 Å². The van der Waals surface area contributed by atoms with Crippen LogP contribution >= 0.6 is 11.6 Å². The molecule has 0 N–H and O–H groups in total. The summed E-state index contributed by atoms with van der Waals surface area (Å²) in [6, 6.07) is 4.97. The number of halogens is 1. The molecule has 2 rings (SSSR count). The minimum absolute atomic E-state index is 0.0598. The largest absolute Gasteiger partial charge is 0.496 e. The van der Waals surface area contributed by atoms with Crippen molar-refractivity contribution in [3.8, 4) is 5.75 Å². The molecule has 1 aromatic rings. The number of Topliss-reactive ketones (excluding diaryl/α,β-unsaturated/α-hetero) is 1. The number of hydrogen-bond donors (Lipinski definition) is 0. The van der Waals surface area contributed by atoms with Gasteiger partial charge in [0.05, 0.1) is 12.7 Å². The van der Waals surface area contributed by atoms with E-state index < -0.39 is 5.60 Å². The highest BCUT2D eigenvalue weighted by molar-refractivity contribution is 6.31. The number of likely N-dealkylation sites (tertiary alicyclic amines) is 1. The number of ketones is 1. The average molecular weight is 340 g/mol. The van der Waals surface area contributed by atoms with Crippen LogP contribution in [0.3, 0.4) is 0 Å². The van der Waals surface area contributed by atoms with Gasteiger partial charge in [-0.05, 0) is 45.4 Å². The van der Waals surface area contributed by atoms with Crippen molar-refractivity contribution in [3.05, 3.63) is 28.8 Å². The third-order valence-corrected chi connectivity index (χ3v) is 3.87. The summed E-state index contributed by atoms with van der Waals surface area (Å²) in [5.74, 6) is 0.167. The van der Waals surface area contributed by atoms with Gasteiger partial charge in [-0.3, -0.25) is 4.79 Å². The zero-order chi connectivity index (χ0) is 17.2. The summed E-state index contributed by atoms with van der Waals surface area (Å²) < 4.78 is 10.6. The van der Waals surface area contributed by atoms with Crippen LogP contribution in [0, 0.1) is 5.92 Å². The zero-order valence-corrected chi connectivity index (χ0v) is 14.6. The second-order valence-electron chi connectivity index (χ2n) is 6.62. The first-order valence-corrected chi connectivity index (χ1v) is 7.95. The highest BCUT2D eigenvalue weighted by Crippen LogP contribution is 2.29. The quantitative estimate of drug-likeness (QED) is 0.786. The van der Waals surface area contributed by atoms with E-state index in [0.717, 1.165) is 0 Å². The number of amides is 1. The van der Waals surface area contributed by atoms with E-state index in [4.69, 9.17) is 21.1 Å². The van der Waals surface area contributed by atoms with Crippen LogP contribution in [0.1, 0.15) is 37.6 Å². The molecule has 1 fully saturated rings. The van der Waals surface area contributed by atoms with Gasteiger partial charge in [-0.2, -0.15) is 0 Å². The fraction of sp³-hybridized carbons (Fsp3) is 0.529. The minimum Gasteiger partial charge on any atom is -0.496 e. The number of benzene rings is 1. The van der Waals surface area contributed by atoms with E-state index in [9.17, 15) is 9.59 Å². The van der Waals surface area contributed by atoms with Gasteiger partial charge in [0.2, 0.25) is 0 Å². The molecule has 0 saturated carbocycles. The molecule has 1 amide bonds. The molecule has 0 radical (unpaired) electrons. The topological polar surface area (TPSA) is 55.8 Å². The van der Waals surface area contributed by atoms with Gasteiger partial charge in [0.25, 0.3) is 0 Å². The maximum Gasteiger partial charge on any atom is 0.410 e. The Morgan fingerprint density at radius 2 is 2.00 bits per heavy atom. The van der Waals surface area contributed by atoms with Gasteiger partial charge in [0.15, 0.2) is 5.78 Å². The second kappa shape index (κ2) is 6.79. The number of methoxy groups -OCH3 is 1. The van der Waals surface area contributed by atoms with Gasteiger partial charge in [0.1, 0.15) is 11.4 Å². The summed E-state index contributed by atoms with van der Waals surface area (Å²) in [6.45, 7) is 6.32. The highest BCUT2D eigenvalue weighted by Gasteiger charge is 2.34. The lowest BCUT2D eigenvalue weighted by Crippen LogP contribution is -2.35. The molecule has 126 valence electrons. The molecule has 0 bridgehead atoms. The first-order valence-electron chi connectivity index (χ1n) is 7.57. The van der Waals surface area contributed by atoms with Crippen LogP contribution in [0.2, 0.25) is 5.02 Å². The maximum atomic E-state index is 12.7. The Bertz CT molecular complexity index is 609. The van der Waals surface area contributed by atoms with Crippen LogP contribution in [0.15, 0.2) is 18.2 Å². The molecule has 0 aliphatic carbocycles. The molecular formula is C17H22ClNO4. The van der Waals surface area contributed by atoms with E-state index in [1.54, 1.807) is 23.1 Å². The molecule has 23 heavy (non-hydrogen) atoms. The maximum absolute atomic E-state index is 12.7. The Labute approximate surface area is 141 Å². The van der Waals surface area contributed by atoms with Crippen LogP contribution in [0.25, 0.3) is 0 Å². The van der Waals surface area contributed by atoms with Crippen molar-refractivity contribution in [2.45, 2.75) is 32.8 Å². The van der Waals surface area contributed by atoms with Crippen molar-refractivity contribution in [1.29, 1.82) is 0 Å². The van der Waals surface area contributed by atoms with E-state index in [-0.39, 0.29) is 17.8 Å². The molecule has 1 heterocycles. The van der Waals surface area contributed by atoms with Crippen LogP contribution in [0.4, 0.5) is 4.79 Å². The summed E-state index contributed by atoms with van der Waals surface area (Å²) in [5, 5.41) is 0.483. The SMILES string of the molecule is COc1ccc(Cl)cc1C(=O)C1CCN(C(=O)OC(C)(C)C)C1. The van der Waals surface area contributed by atoms with E-state index in [1.807, 2.05) is 20.8 Å². The Morgan fingerprint density at radius 1 is 1.30 bits per heavy atom. The summed E-state index contributed by atoms with van der Waals surface area (Å²) in [5.41, 5.74) is -0.0916. The molecule has 6 heteroatoms. The van der Waals surface area contributed by atoms with E-state index >= 15 is 0 Å². The van der Waals surface area contributed by atoms with E-state index in [2.05, 4.69) is 0 Å². The number of hydrogen-bond acceptors (Lipinski definition) is 4. The Balaban J connectivity index is 2.08. The number of carbonyl (C=O) groups excluding carboxylic acids is 2. The van der Waals surface area contributed by atoms with E-state index in [0.29, 0.717) is 35.8 Å². The molecule has 1 atom stereocenters. The Kier molecular flexibility index (Phi) is 5.19. The minimum atomic E-state index is -0.546. The number of nitrogens with zero attached hydrogens (tertiary/aromatic N) is 1. The highest BCUT2D eigenvalue weighted by atomic mass is 35.5. The predicted octanol–water partition coefficient (Wildman–Crippen LogP) is 3.79. The van der Waals surface area contributed by atoms with Crippen LogP contribution in [0.5, 0.6) is 5.75 Å². The number of ether oxygens (including phenoxy) is 2.